The highest BCUT2D eigenvalue weighted by Gasteiger charge is 2.24. The zero-order valence-electron chi connectivity index (χ0n) is 17.4. The second-order valence-electron chi connectivity index (χ2n) is 6.91. The van der Waals surface area contributed by atoms with Gasteiger partial charge in [0.15, 0.2) is 5.78 Å². The summed E-state index contributed by atoms with van der Waals surface area (Å²) in [6.45, 7) is 7.98. The molecular weight excluding hydrogens is 388 g/mol. The molecule has 7 heteroatoms. The normalized spacial score (nSPS) is 11.5. The van der Waals surface area contributed by atoms with E-state index in [4.69, 9.17) is 0 Å². The van der Waals surface area contributed by atoms with Gasteiger partial charge in [-0.05, 0) is 31.5 Å². The van der Waals surface area contributed by atoms with Gasteiger partial charge >= 0.3 is 0 Å². The van der Waals surface area contributed by atoms with Gasteiger partial charge in [-0.15, -0.1) is 0 Å². The molecule has 29 heavy (non-hydrogen) atoms. The summed E-state index contributed by atoms with van der Waals surface area (Å²) in [5, 5.41) is 2.70. The molecule has 0 unspecified atom stereocenters. The van der Waals surface area contributed by atoms with E-state index in [0.29, 0.717) is 29.9 Å². The Morgan fingerprint density at radius 1 is 0.931 bits per heavy atom. The molecule has 1 amide bonds. The monoisotopic (exact) mass is 416 g/mol. The average Bonchev–Trinajstić information content (AvgIpc) is 2.68. The van der Waals surface area contributed by atoms with Crippen molar-refractivity contribution in [3.05, 3.63) is 59.2 Å². The highest BCUT2D eigenvalue weighted by Crippen LogP contribution is 2.24. The first-order valence-electron chi connectivity index (χ1n) is 9.69. The molecule has 2 aromatic rings. The van der Waals surface area contributed by atoms with Crippen molar-refractivity contribution in [2.24, 2.45) is 0 Å². The van der Waals surface area contributed by atoms with Crippen molar-refractivity contribution in [2.45, 2.75) is 45.4 Å². The smallest absolute Gasteiger partial charge is 0.243 e. The number of rotatable bonds is 9. The van der Waals surface area contributed by atoms with Crippen LogP contribution in [0.1, 0.15) is 48.2 Å². The van der Waals surface area contributed by atoms with E-state index in [9.17, 15) is 18.0 Å². The summed E-state index contributed by atoms with van der Waals surface area (Å²) in [5.74, 6) is -0.436. The van der Waals surface area contributed by atoms with Crippen molar-refractivity contribution in [3.8, 4) is 0 Å². The molecular formula is C22H28N2O4S. The number of hydrogen-bond donors (Lipinski definition) is 1. The Labute approximate surface area is 173 Å². The minimum atomic E-state index is -3.63. The zero-order valence-corrected chi connectivity index (χ0v) is 18.2. The predicted molar refractivity (Wildman–Crippen MR) is 115 cm³/mol. The first-order chi connectivity index (χ1) is 13.7. The van der Waals surface area contributed by atoms with Crippen LogP contribution in [0.5, 0.6) is 0 Å². The molecule has 6 nitrogen and oxygen atoms in total. The van der Waals surface area contributed by atoms with Crippen LogP contribution in [-0.2, 0) is 14.8 Å². The van der Waals surface area contributed by atoms with Crippen LogP contribution in [0.3, 0.4) is 0 Å². The van der Waals surface area contributed by atoms with Crippen molar-refractivity contribution >= 4 is 27.4 Å². The Hall–Kier alpha value is -2.51. The Morgan fingerprint density at radius 2 is 1.55 bits per heavy atom. The van der Waals surface area contributed by atoms with Crippen LogP contribution in [0.25, 0.3) is 0 Å². The van der Waals surface area contributed by atoms with E-state index in [1.165, 1.54) is 10.4 Å². The standard InChI is InChI=1S/C22H28N2O4S/c1-5-24(6-2)29(27,28)21-15-19(12-9-17(21)4)23-22(26)14-13-20(25)18-10-7-16(3)8-11-18/h7-12,15H,5-6,13-14H2,1-4H3,(H,23,26). The quantitative estimate of drug-likeness (QED) is 0.628. The molecule has 0 saturated carbocycles. The molecule has 2 rings (SSSR count). The van der Waals surface area contributed by atoms with Gasteiger partial charge in [0.05, 0.1) is 4.90 Å². The average molecular weight is 417 g/mol. The molecule has 0 saturated heterocycles. The number of Topliss-reactive ketones (excluding diaryl/α,β-unsaturated/α-hetero) is 1. The highest BCUT2D eigenvalue weighted by molar-refractivity contribution is 7.89. The largest absolute Gasteiger partial charge is 0.326 e. The topological polar surface area (TPSA) is 83.6 Å². The number of carbonyl (C=O) groups excluding carboxylic acids is 2. The summed E-state index contributed by atoms with van der Waals surface area (Å²) < 4.78 is 27.0. The summed E-state index contributed by atoms with van der Waals surface area (Å²) in [4.78, 5) is 24.7. The van der Waals surface area contributed by atoms with Crippen molar-refractivity contribution in [1.29, 1.82) is 0 Å². The number of amides is 1. The van der Waals surface area contributed by atoms with Crippen molar-refractivity contribution in [1.82, 2.24) is 4.31 Å². The molecule has 0 aromatic heterocycles. The molecule has 0 heterocycles. The van der Waals surface area contributed by atoms with Crippen LogP contribution in [0, 0.1) is 13.8 Å². The van der Waals surface area contributed by atoms with Gasteiger partial charge in [-0.3, -0.25) is 9.59 Å². The predicted octanol–water partition coefficient (Wildman–Crippen LogP) is 3.94. The molecule has 0 spiro atoms. The van der Waals surface area contributed by atoms with Gasteiger partial charge in [0.2, 0.25) is 15.9 Å². The van der Waals surface area contributed by atoms with E-state index >= 15 is 0 Å². The lowest BCUT2D eigenvalue weighted by atomic mass is 10.0. The molecule has 0 aliphatic heterocycles. The number of nitrogens with one attached hydrogen (secondary N) is 1. The summed E-state index contributed by atoms with van der Waals surface area (Å²) in [5.41, 5.74) is 2.65. The fourth-order valence-electron chi connectivity index (χ4n) is 2.99. The van der Waals surface area contributed by atoms with Crippen molar-refractivity contribution in [3.63, 3.8) is 0 Å². The molecule has 0 bridgehead atoms. The van der Waals surface area contributed by atoms with Crippen LogP contribution >= 0.6 is 0 Å². The minimum absolute atomic E-state index is 0.0265. The van der Waals surface area contributed by atoms with Crippen LogP contribution < -0.4 is 5.32 Å². The SMILES string of the molecule is CCN(CC)S(=O)(=O)c1cc(NC(=O)CCC(=O)c2ccc(C)cc2)ccc1C. The third kappa shape index (κ3) is 5.74. The number of aryl methyl sites for hydroxylation is 2. The number of sulfonamides is 1. The molecule has 1 N–H and O–H groups in total. The maximum atomic E-state index is 12.8. The fourth-order valence-corrected chi connectivity index (χ4v) is 4.70. The Morgan fingerprint density at radius 3 is 2.14 bits per heavy atom. The number of carbonyl (C=O) groups is 2. The number of ketones is 1. The second-order valence-corrected chi connectivity index (χ2v) is 8.81. The van der Waals surface area contributed by atoms with E-state index in [1.807, 2.05) is 19.1 Å². The summed E-state index contributed by atoms with van der Waals surface area (Å²) in [7, 11) is -3.63. The third-order valence-corrected chi connectivity index (χ3v) is 6.94. The maximum Gasteiger partial charge on any atom is 0.243 e. The Balaban J connectivity index is 2.07. The second kappa shape index (κ2) is 9.80. The van der Waals surface area contributed by atoms with Crippen LogP contribution in [0.4, 0.5) is 5.69 Å². The number of nitrogens with zero attached hydrogens (tertiary/aromatic N) is 1. The maximum absolute atomic E-state index is 12.8. The number of hydrogen-bond acceptors (Lipinski definition) is 4. The van der Waals surface area contributed by atoms with Gasteiger partial charge in [0.25, 0.3) is 0 Å². The number of anilines is 1. The van der Waals surface area contributed by atoms with Gasteiger partial charge in [0, 0.05) is 37.2 Å². The minimum Gasteiger partial charge on any atom is -0.326 e. The molecule has 156 valence electrons. The van der Waals surface area contributed by atoms with Crippen LogP contribution in [-0.4, -0.2) is 37.5 Å². The molecule has 0 radical (unpaired) electrons. The van der Waals surface area contributed by atoms with Gasteiger partial charge in [-0.1, -0.05) is 49.7 Å². The van der Waals surface area contributed by atoms with E-state index in [0.717, 1.165) is 5.56 Å². The molecule has 0 atom stereocenters. The van der Waals surface area contributed by atoms with Crippen LogP contribution in [0.15, 0.2) is 47.4 Å². The van der Waals surface area contributed by atoms with Gasteiger partial charge < -0.3 is 5.32 Å². The van der Waals surface area contributed by atoms with Gasteiger partial charge in [0.1, 0.15) is 0 Å². The van der Waals surface area contributed by atoms with E-state index < -0.39 is 10.0 Å². The molecule has 0 aliphatic rings. The fraction of sp³-hybridized carbons (Fsp3) is 0.364. The molecule has 2 aromatic carbocycles. The first-order valence-corrected chi connectivity index (χ1v) is 11.1. The van der Waals surface area contributed by atoms with Crippen molar-refractivity contribution in [2.75, 3.05) is 18.4 Å². The lowest BCUT2D eigenvalue weighted by Crippen LogP contribution is -2.31. The summed E-state index contributed by atoms with van der Waals surface area (Å²) in [6, 6.07) is 12.0. The van der Waals surface area contributed by atoms with E-state index in [1.54, 1.807) is 45.0 Å². The first kappa shape index (κ1) is 22.8. The lowest BCUT2D eigenvalue weighted by Gasteiger charge is -2.20. The Kier molecular flexibility index (Phi) is 7.70. The van der Waals surface area contributed by atoms with E-state index in [2.05, 4.69) is 5.32 Å². The van der Waals surface area contributed by atoms with E-state index in [-0.39, 0.29) is 29.4 Å². The zero-order chi connectivity index (χ0) is 21.6. The highest BCUT2D eigenvalue weighted by atomic mass is 32.2. The van der Waals surface area contributed by atoms with Gasteiger partial charge in [-0.2, -0.15) is 4.31 Å². The van der Waals surface area contributed by atoms with Crippen molar-refractivity contribution < 1.29 is 18.0 Å². The Bertz CT molecular complexity index is 978. The lowest BCUT2D eigenvalue weighted by molar-refractivity contribution is -0.116. The summed E-state index contributed by atoms with van der Waals surface area (Å²) in [6.07, 6.45) is 0.115. The van der Waals surface area contributed by atoms with Crippen LogP contribution in [0.2, 0.25) is 0 Å². The third-order valence-electron chi connectivity index (χ3n) is 4.75. The molecule has 0 aliphatic carbocycles. The summed E-state index contributed by atoms with van der Waals surface area (Å²) >= 11 is 0. The van der Waals surface area contributed by atoms with Gasteiger partial charge in [-0.25, -0.2) is 8.42 Å². The molecule has 0 fully saturated rings. The number of benzene rings is 2.